The van der Waals surface area contributed by atoms with Crippen LogP contribution in [0.15, 0.2) is 30.3 Å². The van der Waals surface area contributed by atoms with Gasteiger partial charge in [0.1, 0.15) is 5.38 Å². The lowest BCUT2D eigenvalue weighted by molar-refractivity contribution is -0.132. The van der Waals surface area contributed by atoms with Gasteiger partial charge in [-0.2, -0.15) is 0 Å². The molecule has 3 heteroatoms. The summed E-state index contributed by atoms with van der Waals surface area (Å²) in [7, 11) is 0. The smallest absolute Gasteiger partial charge is 0.240 e. The van der Waals surface area contributed by atoms with Crippen LogP contribution in [0.25, 0.3) is 0 Å². The second kappa shape index (κ2) is 5.90. The third-order valence-corrected chi connectivity index (χ3v) is 2.63. The first kappa shape index (κ1) is 13.0. The molecule has 0 spiro atoms. The molecule has 0 saturated carbocycles. The van der Waals surface area contributed by atoms with Crippen LogP contribution >= 0.6 is 11.6 Å². The van der Waals surface area contributed by atoms with Crippen molar-refractivity contribution in [1.82, 2.24) is 4.90 Å². The van der Waals surface area contributed by atoms with Crippen molar-refractivity contribution in [2.45, 2.75) is 38.7 Å². The molecule has 0 aliphatic heterocycles. The van der Waals surface area contributed by atoms with Gasteiger partial charge in [0.15, 0.2) is 0 Å². The number of nitrogens with zero attached hydrogens (tertiary/aromatic N) is 1. The molecular weight excluding hydrogens is 222 g/mol. The summed E-state index contributed by atoms with van der Waals surface area (Å²) in [6, 6.07) is 10.1. The summed E-state index contributed by atoms with van der Waals surface area (Å²) in [5.74, 6) is -0.0134. The number of carbonyl (C=O) groups is 1. The van der Waals surface area contributed by atoms with Crippen LogP contribution in [0.1, 0.15) is 26.3 Å². The van der Waals surface area contributed by atoms with Crippen LogP contribution in [0.4, 0.5) is 0 Å². The molecule has 1 atom stereocenters. The number of benzene rings is 1. The highest BCUT2D eigenvalue weighted by Crippen LogP contribution is 2.11. The van der Waals surface area contributed by atoms with Crippen LogP contribution in [0, 0.1) is 0 Å². The summed E-state index contributed by atoms with van der Waals surface area (Å²) < 4.78 is 0. The number of hydrogen-bond acceptors (Lipinski definition) is 1. The predicted octanol–water partition coefficient (Wildman–Crippen LogP) is 3.05. The monoisotopic (exact) mass is 239 g/mol. The van der Waals surface area contributed by atoms with E-state index in [9.17, 15) is 4.79 Å². The van der Waals surface area contributed by atoms with Gasteiger partial charge in [0.25, 0.3) is 0 Å². The van der Waals surface area contributed by atoms with E-state index in [1.54, 1.807) is 11.8 Å². The van der Waals surface area contributed by atoms with Gasteiger partial charge in [-0.1, -0.05) is 30.3 Å². The Morgan fingerprint density at radius 3 is 2.25 bits per heavy atom. The highest BCUT2D eigenvalue weighted by Gasteiger charge is 2.21. The third kappa shape index (κ3) is 3.53. The minimum absolute atomic E-state index is 0.0134. The molecule has 1 aromatic carbocycles. The lowest BCUT2D eigenvalue weighted by Crippen LogP contribution is -2.40. The van der Waals surface area contributed by atoms with Gasteiger partial charge in [-0.3, -0.25) is 4.79 Å². The third-order valence-electron chi connectivity index (χ3n) is 2.44. The molecule has 0 unspecified atom stereocenters. The largest absolute Gasteiger partial charge is 0.335 e. The van der Waals surface area contributed by atoms with E-state index < -0.39 is 5.38 Å². The van der Waals surface area contributed by atoms with E-state index >= 15 is 0 Å². The number of halogens is 1. The SMILES string of the molecule is CC(C)N(Cc1ccccc1)C(=O)[C@H](C)Cl. The average Bonchev–Trinajstić information content (AvgIpc) is 2.26. The van der Waals surface area contributed by atoms with E-state index in [4.69, 9.17) is 11.6 Å². The summed E-state index contributed by atoms with van der Waals surface area (Å²) >= 11 is 5.84. The van der Waals surface area contributed by atoms with Crippen molar-refractivity contribution in [3.8, 4) is 0 Å². The number of rotatable bonds is 4. The minimum atomic E-state index is -0.467. The van der Waals surface area contributed by atoms with Crippen molar-refractivity contribution in [1.29, 1.82) is 0 Å². The first-order valence-electron chi connectivity index (χ1n) is 5.51. The molecule has 0 fully saturated rings. The molecule has 1 rings (SSSR count). The van der Waals surface area contributed by atoms with Crippen molar-refractivity contribution < 1.29 is 4.79 Å². The maximum atomic E-state index is 11.9. The molecule has 88 valence electrons. The van der Waals surface area contributed by atoms with Gasteiger partial charge in [-0.05, 0) is 26.3 Å². The Kier molecular flexibility index (Phi) is 4.81. The Morgan fingerprint density at radius 2 is 1.81 bits per heavy atom. The zero-order valence-electron chi connectivity index (χ0n) is 9.98. The Labute approximate surface area is 102 Å². The second-order valence-electron chi connectivity index (χ2n) is 4.16. The molecule has 0 aliphatic carbocycles. The van der Waals surface area contributed by atoms with Gasteiger partial charge in [-0.15, -0.1) is 11.6 Å². The van der Waals surface area contributed by atoms with Crippen LogP contribution in [0.5, 0.6) is 0 Å². The van der Waals surface area contributed by atoms with Gasteiger partial charge in [0.05, 0.1) is 0 Å². The van der Waals surface area contributed by atoms with E-state index in [-0.39, 0.29) is 11.9 Å². The Balaban J connectivity index is 2.77. The molecule has 0 heterocycles. The van der Waals surface area contributed by atoms with Gasteiger partial charge in [0, 0.05) is 12.6 Å². The highest BCUT2D eigenvalue weighted by atomic mass is 35.5. The fourth-order valence-corrected chi connectivity index (χ4v) is 1.65. The molecule has 0 radical (unpaired) electrons. The summed E-state index contributed by atoms with van der Waals surface area (Å²) in [6.45, 7) is 6.33. The number of carbonyl (C=O) groups excluding carboxylic acids is 1. The summed E-state index contributed by atoms with van der Waals surface area (Å²) in [6.07, 6.45) is 0. The predicted molar refractivity (Wildman–Crippen MR) is 67.4 cm³/mol. The summed E-state index contributed by atoms with van der Waals surface area (Å²) in [5.41, 5.74) is 1.13. The quantitative estimate of drug-likeness (QED) is 0.740. The lowest BCUT2D eigenvalue weighted by Gasteiger charge is -2.28. The molecule has 0 aliphatic rings. The van der Waals surface area contributed by atoms with Gasteiger partial charge in [-0.25, -0.2) is 0 Å². The van der Waals surface area contributed by atoms with E-state index in [0.717, 1.165) is 5.56 Å². The van der Waals surface area contributed by atoms with Crippen LogP contribution in [-0.2, 0) is 11.3 Å². The number of alkyl halides is 1. The lowest BCUT2D eigenvalue weighted by atomic mass is 10.2. The molecule has 0 saturated heterocycles. The fraction of sp³-hybridized carbons (Fsp3) is 0.462. The van der Waals surface area contributed by atoms with E-state index in [1.807, 2.05) is 44.2 Å². The van der Waals surface area contributed by atoms with Crippen LogP contribution in [0.3, 0.4) is 0 Å². The van der Waals surface area contributed by atoms with Gasteiger partial charge in [0.2, 0.25) is 5.91 Å². The zero-order valence-corrected chi connectivity index (χ0v) is 10.7. The molecule has 0 aromatic heterocycles. The number of amides is 1. The zero-order chi connectivity index (χ0) is 12.1. The van der Waals surface area contributed by atoms with Gasteiger partial charge < -0.3 is 4.90 Å². The normalized spacial score (nSPS) is 12.6. The molecular formula is C13H18ClNO. The van der Waals surface area contributed by atoms with E-state index in [1.165, 1.54) is 0 Å². The van der Waals surface area contributed by atoms with Crippen LogP contribution < -0.4 is 0 Å². The Hall–Kier alpha value is -1.02. The summed E-state index contributed by atoms with van der Waals surface area (Å²) in [4.78, 5) is 13.7. The van der Waals surface area contributed by atoms with Crippen molar-refractivity contribution in [2.75, 3.05) is 0 Å². The molecule has 16 heavy (non-hydrogen) atoms. The number of hydrogen-bond donors (Lipinski definition) is 0. The molecule has 1 aromatic rings. The van der Waals surface area contributed by atoms with Crippen molar-refractivity contribution in [3.63, 3.8) is 0 Å². The van der Waals surface area contributed by atoms with Crippen LogP contribution in [0.2, 0.25) is 0 Å². The van der Waals surface area contributed by atoms with E-state index in [2.05, 4.69) is 0 Å². The minimum Gasteiger partial charge on any atom is -0.335 e. The maximum absolute atomic E-state index is 11.9. The fourth-order valence-electron chi connectivity index (χ4n) is 1.52. The molecule has 1 amide bonds. The second-order valence-corrected chi connectivity index (χ2v) is 4.82. The maximum Gasteiger partial charge on any atom is 0.240 e. The first-order chi connectivity index (χ1) is 7.52. The van der Waals surface area contributed by atoms with Crippen molar-refractivity contribution >= 4 is 17.5 Å². The van der Waals surface area contributed by atoms with E-state index in [0.29, 0.717) is 6.54 Å². The first-order valence-corrected chi connectivity index (χ1v) is 5.94. The van der Waals surface area contributed by atoms with Crippen molar-refractivity contribution in [3.05, 3.63) is 35.9 Å². The topological polar surface area (TPSA) is 20.3 Å². The standard InChI is InChI=1S/C13H18ClNO/c1-10(2)15(13(16)11(3)14)9-12-7-5-4-6-8-12/h4-8,10-11H,9H2,1-3H3/t11-/m0/s1. The molecule has 0 bridgehead atoms. The molecule has 2 nitrogen and oxygen atoms in total. The Morgan fingerprint density at radius 1 is 1.25 bits per heavy atom. The molecule has 0 N–H and O–H groups in total. The van der Waals surface area contributed by atoms with Crippen LogP contribution in [-0.4, -0.2) is 22.2 Å². The highest BCUT2D eigenvalue weighted by molar-refractivity contribution is 6.30. The average molecular weight is 240 g/mol. The summed E-state index contributed by atoms with van der Waals surface area (Å²) in [5, 5.41) is -0.467. The van der Waals surface area contributed by atoms with Gasteiger partial charge >= 0.3 is 0 Å². The Bertz CT molecular complexity index is 335. The van der Waals surface area contributed by atoms with Crippen molar-refractivity contribution in [2.24, 2.45) is 0 Å².